The lowest BCUT2D eigenvalue weighted by Gasteiger charge is -2.45. The van der Waals surface area contributed by atoms with Crippen LogP contribution in [0.25, 0.3) is 5.76 Å². The van der Waals surface area contributed by atoms with Crippen LogP contribution in [-0.4, -0.2) is 54.1 Å². The predicted molar refractivity (Wildman–Crippen MR) is 121 cm³/mol. The van der Waals surface area contributed by atoms with Crippen LogP contribution in [0.3, 0.4) is 0 Å². The Morgan fingerprint density at radius 1 is 0.935 bits per heavy atom. The number of allylic oxidation sites excluding steroid dienone is 1. The Morgan fingerprint density at radius 2 is 1.65 bits per heavy atom. The van der Waals surface area contributed by atoms with Crippen LogP contribution in [0.4, 0.5) is 0 Å². The second-order valence-electron chi connectivity index (χ2n) is 8.29. The Labute approximate surface area is 186 Å². The van der Waals surface area contributed by atoms with Crippen molar-refractivity contribution >= 4 is 29.1 Å². The van der Waals surface area contributed by atoms with Gasteiger partial charge in [-0.25, -0.2) is 0 Å². The van der Waals surface area contributed by atoms with Gasteiger partial charge < -0.3 is 14.4 Å². The van der Waals surface area contributed by atoms with Crippen LogP contribution in [0.2, 0.25) is 0 Å². The van der Waals surface area contributed by atoms with Crippen molar-refractivity contribution in [2.24, 2.45) is 0 Å². The summed E-state index contributed by atoms with van der Waals surface area (Å²) in [7, 11) is 0. The van der Waals surface area contributed by atoms with Gasteiger partial charge in [-0.3, -0.25) is 9.59 Å². The SMILES string of the molecule is O=C1C(=O)c2ccccc2C2=C1SCC1(CCN(CCCOc3ccccc3)CC1)O2. The highest BCUT2D eigenvalue weighted by Crippen LogP contribution is 2.47. The number of ketones is 2. The normalized spacial score (nSPS) is 20.3. The lowest BCUT2D eigenvalue weighted by molar-refractivity contribution is -0.111. The van der Waals surface area contributed by atoms with Gasteiger partial charge in [-0.05, 0) is 18.6 Å². The summed E-state index contributed by atoms with van der Waals surface area (Å²) >= 11 is 1.49. The zero-order valence-electron chi connectivity index (χ0n) is 17.3. The Balaban J connectivity index is 1.19. The zero-order chi connectivity index (χ0) is 21.3. The summed E-state index contributed by atoms with van der Waals surface area (Å²) in [6.45, 7) is 3.63. The lowest BCUT2D eigenvalue weighted by Crippen LogP contribution is -2.49. The maximum Gasteiger partial charge on any atom is 0.243 e. The van der Waals surface area contributed by atoms with Gasteiger partial charge in [0.15, 0.2) is 0 Å². The molecule has 1 fully saturated rings. The van der Waals surface area contributed by atoms with Gasteiger partial charge in [0.05, 0.1) is 6.61 Å². The van der Waals surface area contributed by atoms with Gasteiger partial charge in [0.1, 0.15) is 22.0 Å². The van der Waals surface area contributed by atoms with Crippen molar-refractivity contribution in [3.63, 3.8) is 0 Å². The average molecular weight is 436 g/mol. The van der Waals surface area contributed by atoms with Crippen molar-refractivity contribution in [3.05, 3.63) is 70.6 Å². The number of nitrogens with zero attached hydrogens (tertiary/aromatic N) is 1. The number of hydrogen-bond donors (Lipinski definition) is 0. The van der Waals surface area contributed by atoms with Crippen LogP contribution in [0.5, 0.6) is 5.75 Å². The molecule has 0 radical (unpaired) electrons. The van der Waals surface area contributed by atoms with Crippen molar-refractivity contribution in [2.45, 2.75) is 24.9 Å². The average Bonchev–Trinajstić information content (AvgIpc) is 2.82. The maximum absolute atomic E-state index is 12.6. The van der Waals surface area contributed by atoms with Gasteiger partial charge in [0, 0.05) is 49.4 Å². The number of piperidine rings is 1. The number of likely N-dealkylation sites (tertiary alicyclic amines) is 1. The number of ether oxygens (including phenoxy) is 2. The minimum absolute atomic E-state index is 0.270. The number of para-hydroxylation sites is 1. The number of carbonyl (C=O) groups is 2. The van der Waals surface area contributed by atoms with Crippen LogP contribution in [0, 0.1) is 0 Å². The smallest absolute Gasteiger partial charge is 0.243 e. The van der Waals surface area contributed by atoms with Crippen LogP contribution in [0.1, 0.15) is 35.2 Å². The molecule has 2 aliphatic heterocycles. The molecule has 0 bridgehead atoms. The molecule has 1 aliphatic carbocycles. The summed E-state index contributed by atoms with van der Waals surface area (Å²) in [5, 5.41) is 0. The number of carbonyl (C=O) groups excluding carboxylic acids is 2. The van der Waals surface area contributed by atoms with Crippen molar-refractivity contribution in [1.29, 1.82) is 0 Å². The fraction of sp³-hybridized carbons (Fsp3) is 0.360. The second kappa shape index (κ2) is 8.52. The van der Waals surface area contributed by atoms with E-state index in [1.54, 1.807) is 12.1 Å². The second-order valence-corrected chi connectivity index (χ2v) is 9.28. The molecular weight excluding hydrogens is 410 g/mol. The van der Waals surface area contributed by atoms with E-state index in [1.807, 2.05) is 42.5 Å². The molecule has 1 saturated heterocycles. The predicted octanol–water partition coefficient (Wildman–Crippen LogP) is 4.19. The molecule has 2 aromatic carbocycles. The van der Waals surface area contributed by atoms with E-state index in [0.717, 1.165) is 56.0 Å². The maximum atomic E-state index is 12.6. The number of rotatable bonds is 5. The van der Waals surface area contributed by atoms with E-state index in [1.165, 1.54) is 11.8 Å². The molecule has 5 rings (SSSR count). The Bertz CT molecular complexity index is 1020. The number of benzene rings is 2. The van der Waals surface area contributed by atoms with Gasteiger partial charge in [-0.15, -0.1) is 11.8 Å². The first-order valence-corrected chi connectivity index (χ1v) is 11.8. The summed E-state index contributed by atoms with van der Waals surface area (Å²) in [6, 6.07) is 17.2. The Kier molecular flexibility index (Phi) is 5.59. The lowest BCUT2D eigenvalue weighted by atomic mass is 9.90. The summed E-state index contributed by atoms with van der Waals surface area (Å²) in [4.78, 5) is 27.9. The van der Waals surface area contributed by atoms with E-state index < -0.39 is 11.6 Å². The molecule has 0 amide bonds. The monoisotopic (exact) mass is 435 g/mol. The van der Waals surface area contributed by atoms with Crippen molar-refractivity contribution in [2.75, 3.05) is 32.0 Å². The van der Waals surface area contributed by atoms with Crippen molar-refractivity contribution < 1.29 is 19.1 Å². The molecule has 1 spiro atoms. The minimum atomic E-state index is -0.426. The molecule has 0 aromatic heterocycles. The van der Waals surface area contributed by atoms with Crippen LogP contribution >= 0.6 is 11.8 Å². The number of fused-ring (bicyclic) bond motifs is 2. The van der Waals surface area contributed by atoms with Crippen LogP contribution in [-0.2, 0) is 9.53 Å². The van der Waals surface area contributed by atoms with E-state index in [-0.39, 0.29) is 5.60 Å². The minimum Gasteiger partial charge on any atom is -0.494 e. The van der Waals surface area contributed by atoms with Crippen molar-refractivity contribution in [1.82, 2.24) is 4.90 Å². The standard InChI is InChI=1S/C25H25NO4S/c27-21-19-9-4-5-10-20(19)23-24(22(21)28)31-17-25(30-23)11-14-26(15-12-25)13-6-16-29-18-7-2-1-3-8-18/h1-5,7-10H,6,11-17H2. The fourth-order valence-corrected chi connectivity index (χ4v) is 5.70. The molecule has 6 heteroatoms. The molecule has 3 aliphatic rings. The highest BCUT2D eigenvalue weighted by atomic mass is 32.2. The highest BCUT2D eigenvalue weighted by molar-refractivity contribution is 8.04. The number of hydrogen-bond acceptors (Lipinski definition) is 6. The summed E-state index contributed by atoms with van der Waals surface area (Å²) in [6.07, 6.45) is 2.82. The molecule has 0 N–H and O–H groups in total. The van der Waals surface area contributed by atoms with E-state index in [2.05, 4.69) is 4.90 Å². The molecule has 0 unspecified atom stereocenters. The number of Topliss-reactive ketones (excluding diaryl/α,β-unsaturated/α-hetero) is 2. The van der Waals surface area contributed by atoms with Crippen LogP contribution < -0.4 is 4.74 Å². The first kappa shape index (κ1) is 20.3. The highest BCUT2D eigenvalue weighted by Gasteiger charge is 2.45. The van der Waals surface area contributed by atoms with Gasteiger partial charge in [-0.2, -0.15) is 0 Å². The zero-order valence-corrected chi connectivity index (χ0v) is 18.2. The van der Waals surface area contributed by atoms with Crippen molar-refractivity contribution in [3.8, 4) is 5.75 Å². The first-order chi connectivity index (χ1) is 15.2. The van der Waals surface area contributed by atoms with Gasteiger partial charge in [0.2, 0.25) is 11.6 Å². The van der Waals surface area contributed by atoms with E-state index in [9.17, 15) is 9.59 Å². The molecule has 31 heavy (non-hydrogen) atoms. The quantitative estimate of drug-likeness (QED) is 0.519. The molecule has 2 heterocycles. The van der Waals surface area contributed by atoms with E-state index in [4.69, 9.17) is 9.47 Å². The van der Waals surface area contributed by atoms with Crippen LogP contribution in [0.15, 0.2) is 59.5 Å². The third-order valence-corrected chi connectivity index (χ3v) is 7.56. The Morgan fingerprint density at radius 3 is 2.42 bits per heavy atom. The van der Waals surface area contributed by atoms with Gasteiger partial charge >= 0.3 is 0 Å². The third-order valence-electron chi connectivity index (χ3n) is 6.23. The molecule has 160 valence electrons. The largest absolute Gasteiger partial charge is 0.494 e. The summed E-state index contributed by atoms with van der Waals surface area (Å²) in [5.41, 5.74) is 0.947. The van der Waals surface area contributed by atoms with E-state index in [0.29, 0.717) is 22.8 Å². The molecular formula is C25H25NO4S. The topological polar surface area (TPSA) is 55.8 Å². The van der Waals surface area contributed by atoms with E-state index >= 15 is 0 Å². The molecule has 5 nitrogen and oxygen atoms in total. The fourth-order valence-electron chi connectivity index (χ4n) is 4.44. The number of thioether (sulfide) groups is 1. The van der Waals surface area contributed by atoms with Gasteiger partial charge in [-0.1, -0.05) is 42.5 Å². The molecule has 2 aromatic rings. The summed E-state index contributed by atoms with van der Waals surface area (Å²) in [5.74, 6) is 1.40. The summed E-state index contributed by atoms with van der Waals surface area (Å²) < 4.78 is 12.3. The Hall–Kier alpha value is -2.57. The molecule has 0 saturated carbocycles. The first-order valence-electron chi connectivity index (χ1n) is 10.8. The molecule has 0 atom stereocenters. The van der Waals surface area contributed by atoms with Gasteiger partial charge in [0.25, 0.3) is 0 Å². The third kappa shape index (κ3) is 4.02.